The quantitative estimate of drug-likeness (QED) is 0.294. The molecule has 5 heteroatoms. The minimum absolute atomic E-state index is 0. The predicted molar refractivity (Wildman–Crippen MR) is 43.9 cm³/mol. The average Bonchev–Trinajstić information content (AvgIpc) is 1.98. The SMILES string of the molecule is C=CC([O-])=N[C@H](C(=O)O)C(C)C.[Na+]. The zero-order chi connectivity index (χ0) is 9.72. The van der Waals surface area contributed by atoms with Gasteiger partial charge in [-0.2, -0.15) is 0 Å². The maximum Gasteiger partial charge on any atom is 1.00 e. The first-order chi connectivity index (χ1) is 5.49. The van der Waals surface area contributed by atoms with E-state index in [4.69, 9.17) is 5.11 Å². The van der Waals surface area contributed by atoms with Crippen molar-refractivity contribution in [2.45, 2.75) is 19.9 Å². The Morgan fingerprint density at radius 2 is 2.08 bits per heavy atom. The molecule has 0 rings (SSSR count). The molecule has 0 aromatic carbocycles. The third-order valence-electron chi connectivity index (χ3n) is 1.33. The number of carboxylic acids is 1. The number of nitrogens with zero attached hydrogens (tertiary/aromatic N) is 1. The van der Waals surface area contributed by atoms with Gasteiger partial charge in [0.15, 0.2) is 0 Å². The van der Waals surface area contributed by atoms with Crippen LogP contribution in [-0.4, -0.2) is 23.0 Å². The Morgan fingerprint density at radius 3 is 2.31 bits per heavy atom. The van der Waals surface area contributed by atoms with Gasteiger partial charge < -0.3 is 10.2 Å². The minimum atomic E-state index is -1.08. The summed E-state index contributed by atoms with van der Waals surface area (Å²) in [4.78, 5) is 13.9. The number of rotatable bonds is 4. The minimum Gasteiger partial charge on any atom is -0.859 e. The van der Waals surface area contributed by atoms with Gasteiger partial charge in [-0.25, -0.2) is 4.79 Å². The Morgan fingerprint density at radius 1 is 1.62 bits per heavy atom. The molecule has 0 fully saturated rings. The van der Waals surface area contributed by atoms with Crippen LogP contribution in [0.4, 0.5) is 0 Å². The third kappa shape index (κ3) is 5.85. The molecule has 0 saturated heterocycles. The molecule has 0 bridgehead atoms. The first kappa shape index (κ1) is 15.2. The maximum absolute atomic E-state index is 10.7. The summed E-state index contributed by atoms with van der Waals surface area (Å²) in [6.07, 6.45) is 0.998. The van der Waals surface area contributed by atoms with E-state index in [0.717, 1.165) is 6.08 Å². The third-order valence-corrected chi connectivity index (χ3v) is 1.33. The molecule has 0 aromatic heterocycles. The van der Waals surface area contributed by atoms with Crippen LogP contribution >= 0.6 is 0 Å². The van der Waals surface area contributed by atoms with Crippen molar-refractivity contribution in [1.29, 1.82) is 0 Å². The van der Waals surface area contributed by atoms with Crippen LogP contribution in [0.2, 0.25) is 0 Å². The van der Waals surface area contributed by atoms with E-state index in [1.165, 1.54) is 0 Å². The van der Waals surface area contributed by atoms with Crippen molar-refractivity contribution < 1.29 is 44.6 Å². The number of aliphatic carboxylic acids is 1. The fraction of sp³-hybridized carbons (Fsp3) is 0.500. The molecule has 68 valence electrons. The van der Waals surface area contributed by atoms with Gasteiger partial charge in [0.1, 0.15) is 6.04 Å². The molecule has 0 spiro atoms. The number of carboxylic acid groups (broad SMARTS) is 1. The van der Waals surface area contributed by atoms with Gasteiger partial charge >= 0.3 is 35.5 Å². The van der Waals surface area contributed by atoms with Crippen molar-refractivity contribution in [1.82, 2.24) is 0 Å². The first-order valence-electron chi connectivity index (χ1n) is 3.59. The Hall–Kier alpha value is -0.320. The fourth-order valence-electron chi connectivity index (χ4n) is 0.679. The molecule has 0 aliphatic heterocycles. The largest absolute Gasteiger partial charge is 1.00 e. The van der Waals surface area contributed by atoms with E-state index in [9.17, 15) is 9.90 Å². The molecule has 0 aromatic rings. The summed E-state index contributed by atoms with van der Waals surface area (Å²) in [5, 5.41) is 19.3. The van der Waals surface area contributed by atoms with Crippen LogP contribution < -0.4 is 34.7 Å². The molecule has 0 unspecified atom stereocenters. The molecule has 0 heterocycles. The van der Waals surface area contributed by atoms with Crippen molar-refractivity contribution in [2.75, 3.05) is 0 Å². The predicted octanol–water partition coefficient (Wildman–Crippen LogP) is -2.96. The van der Waals surface area contributed by atoms with Gasteiger partial charge in [0.2, 0.25) is 0 Å². The van der Waals surface area contributed by atoms with Crippen LogP contribution in [0.15, 0.2) is 17.6 Å². The molecule has 4 nitrogen and oxygen atoms in total. The Balaban J connectivity index is 0. The summed E-state index contributed by atoms with van der Waals surface area (Å²) in [7, 11) is 0. The van der Waals surface area contributed by atoms with E-state index in [1.54, 1.807) is 13.8 Å². The molecular formula is C8H12NNaO3. The van der Waals surface area contributed by atoms with E-state index in [0.29, 0.717) is 0 Å². The molecule has 0 saturated carbocycles. The Labute approximate surface area is 99.7 Å². The first-order valence-corrected chi connectivity index (χ1v) is 3.59. The van der Waals surface area contributed by atoms with Crippen molar-refractivity contribution >= 4 is 11.9 Å². The molecule has 13 heavy (non-hydrogen) atoms. The van der Waals surface area contributed by atoms with Crippen LogP contribution in [0.3, 0.4) is 0 Å². The van der Waals surface area contributed by atoms with Crippen LogP contribution in [0, 0.1) is 5.92 Å². The Bertz CT molecular complexity index is 213. The second kappa shape index (κ2) is 7.12. The van der Waals surface area contributed by atoms with Crippen molar-refractivity contribution in [3.63, 3.8) is 0 Å². The van der Waals surface area contributed by atoms with Crippen molar-refractivity contribution in [2.24, 2.45) is 10.9 Å². The number of hydrogen-bond donors (Lipinski definition) is 1. The summed E-state index contributed by atoms with van der Waals surface area (Å²) in [5.41, 5.74) is 0. The summed E-state index contributed by atoms with van der Waals surface area (Å²) >= 11 is 0. The van der Waals surface area contributed by atoms with Crippen LogP contribution in [0.1, 0.15) is 13.8 Å². The van der Waals surface area contributed by atoms with Gasteiger partial charge in [-0.15, -0.1) is 0 Å². The maximum atomic E-state index is 10.7. The fourth-order valence-corrected chi connectivity index (χ4v) is 0.679. The van der Waals surface area contributed by atoms with Gasteiger partial charge in [-0.3, -0.25) is 4.99 Å². The average molecular weight is 193 g/mol. The smallest absolute Gasteiger partial charge is 0.859 e. The van der Waals surface area contributed by atoms with Crippen LogP contribution in [-0.2, 0) is 4.79 Å². The molecule has 0 radical (unpaired) electrons. The standard InChI is InChI=1S/C8H13NO3.Na/c1-4-6(10)9-7(5(2)3)8(11)12;/h4-5,7H,1H2,2-3H3,(H,9,10)(H,11,12);/q;+1/p-1/t7-;/m0./s1. The van der Waals surface area contributed by atoms with Crippen molar-refractivity contribution in [3.05, 3.63) is 12.7 Å². The van der Waals surface area contributed by atoms with Crippen LogP contribution in [0.25, 0.3) is 0 Å². The van der Waals surface area contributed by atoms with Gasteiger partial charge in [0.25, 0.3) is 0 Å². The second-order valence-corrected chi connectivity index (χ2v) is 2.70. The molecule has 0 aliphatic rings. The van der Waals surface area contributed by atoms with E-state index >= 15 is 0 Å². The van der Waals surface area contributed by atoms with Gasteiger partial charge in [0, 0.05) is 0 Å². The summed E-state index contributed by atoms with van der Waals surface area (Å²) < 4.78 is 0. The normalized spacial score (nSPS) is 13.3. The van der Waals surface area contributed by atoms with E-state index in [1.807, 2.05) is 0 Å². The number of hydrogen-bond acceptors (Lipinski definition) is 3. The van der Waals surface area contributed by atoms with E-state index in [-0.39, 0.29) is 35.5 Å². The summed E-state index contributed by atoms with van der Waals surface area (Å²) in [6.45, 7) is 6.58. The van der Waals surface area contributed by atoms with E-state index < -0.39 is 17.9 Å². The zero-order valence-corrected chi connectivity index (χ0v) is 10.2. The summed E-state index contributed by atoms with van der Waals surface area (Å²) in [6, 6.07) is -0.963. The molecular weight excluding hydrogens is 181 g/mol. The second-order valence-electron chi connectivity index (χ2n) is 2.70. The number of aliphatic imine (C=N–C) groups is 1. The molecule has 0 amide bonds. The molecule has 1 N–H and O–H groups in total. The molecule has 1 atom stereocenters. The monoisotopic (exact) mass is 193 g/mol. The van der Waals surface area contributed by atoms with E-state index in [2.05, 4.69) is 11.6 Å². The van der Waals surface area contributed by atoms with Gasteiger partial charge in [-0.05, 0) is 11.8 Å². The molecule has 0 aliphatic carbocycles. The number of carbonyl (C=O) groups is 1. The zero-order valence-electron chi connectivity index (χ0n) is 8.15. The van der Waals surface area contributed by atoms with Crippen molar-refractivity contribution in [3.8, 4) is 0 Å². The van der Waals surface area contributed by atoms with Gasteiger partial charge in [0.05, 0.1) is 0 Å². The summed E-state index contributed by atoms with van der Waals surface area (Å²) in [5.74, 6) is -1.86. The van der Waals surface area contributed by atoms with Crippen LogP contribution in [0.5, 0.6) is 0 Å². The topological polar surface area (TPSA) is 72.7 Å². The Kier molecular flexibility index (Phi) is 8.30. The van der Waals surface area contributed by atoms with Gasteiger partial charge in [-0.1, -0.05) is 26.5 Å².